The minimum absolute atomic E-state index is 0.281. The van der Waals surface area contributed by atoms with E-state index in [-0.39, 0.29) is 5.95 Å². The summed E-state index contributed by atoms with van der Waals surface area (Å²) in [5, 5.41) is 0. The molecule has 0 aromatic carbocycles. The SMILES string of the molecule is CCN(CC)c1nc(N)nc(N(CC)CC)n1. The van der Waals surface area contributed by atoms with E-state index in [9.17, 15) is 0 Å². The van der Waals surface area contributed by atoms with Gasteiger partial charge in [0.25, 0.3) is 0 Å². The molecule has 1 rings (SSSR count). The van der Waals surface area contributed by atoms with E-state index in [1.807, 2.05) is 0 Å². The summed E-state index contributed by atoms with van der Waals surface area (Å²) in [5.41, 5.74) is 5.74. The van der Waals surface area contributed by atoms with Gasteiger partial charge < -0.3 is 15.5 Å². The van der Waals surface area contributed by atoms with Crippen LogP contribution in [0.3, 0.4) is 0 Å². The summed E-state index contributed by atoms with van der Waals surface area (Å²) in [6.45, 7) is 11.7. The second-order valence-corrected chi connectivity index (χ2v) is 3.64. The normalized spacial score (nSPS) is 10.4. The van der Waals surface area contributed by atoms with Crippen LogP contribution in [-0.4, -0.2) is 41.1 Å². The van der Waals surface area contributed by atoms with Gasteiger partial charge in [0.2, 0.25) is 17.8 Å². The summed E-state index contributed by atoms with van der Waals surface area (Å²) in [5.74, 6) is 1.60. The molecular weight excluding hydrogens is 216 g/mol. The van der Waals surface area contributed by atoms with E-state index in [0.717, 1.165) is 26.2 Å². The van der Waals surface area contributed by atoms with Crippen LogP contribution in [0.1, 0.15) is 27.7 Å². The maximum atomic E-state index is 5.74. The molecule has 0 fully saturated rings. The van der Waals surface area contributed by atoms with Crippen LogP contribution in [0.2, 0.25) is 0 Å². The lowest BCUT2D eigenvalue weighted by molar-refractivity contribution is 0.780. The van der Waals surface area contributed by atoms with Crippen LogP contribution in [-0.2, 0) is 0 Å². The number of aromatic nitrogens is 3. The van der Waals surface area contributed by atoms with Crippen molar-refractivity contribution in [3.8, 4) is 0 Å². The van der Waals surface area contributed by atoms with E-state index >= 15 is 0 Å². The molecule has 96 valence electrons. The second-order valence-electron chi connectivity index (χ2n) is 3.64. The zero-order valence-corrected chi connectivity index (χ0v) is 11.1. The molecule has 17 heavy (non-hydrogen) atoms. The van der Waals surface area contributed by atoms with Gasteiger partial charge in [0.1, 0.15) is 0 Å². The molecule has 0 spiro atoms. The maximum Gasteiger partial charge on any atom is 0.231 e. The van der Waals surface area contributed by atoms with Gasteiger partial charge >= 0.3 is 0 Å². The highest BCUT2D eigenvalue weighted by Crippen LogP contribution is 2.14. The van der Waals surface area contributed by atoms with Crippen molar-refractivity contribution in [2.75, 3.05) is 41.7 Å². The zero-order valence-electron chi connectivity index (χ0n) is 11.1. The Morgan fingerprint density at radius 1 is 0.765 bits per heavy atom. The molecular formula is C11H22N6. The first kappa shape index (κ1) is 13.5. The largest absolute Gasteiger partial charge is 0.368 e. The monoisotopic (exact) mass is 238 g/mol. The first-order valence-electron chi connectivity index (χ1n) is 6.17. The molecule has 0 radical (unpaired) electrons. The Bertz CT molecular complexity index is 316. The predicted molar refractivity (Wildman–Crippen MR) is 71.4 cm³/mol. The molecule has 1 heterocycles. The highest BCUT2D eigenvalue weighted by atomic mass is 15.3. The third kappa shape index (κ3) is 3.18. The van der Waals surface area contributed by atoms with Crippen molar-refractivity contribution in [1.82, 2.24) is 15.0 Å². The molecule has 6 heteroatoms. The quantitative estimate of drug-likeness (QED) is 0.801. The average Bonchev–Trinajstić information content (AvgIpc) is 2.31. The summed E-state index contributed by atoms with van der Waals surface area (Å²) in [6.07, 6.45) is 0. The van der Waals surface area contributed by atoms with Gasteiger partial charge in [0, 0.05) is 26.2 Å². The number of anilines is 3. The molecule has 0 saturated heterocycles. The average molecular weight is 238 g/mol. The molecule has 0 atom stereocenters. The van der Waals surface area contributed by atoms with Gasteiger partial charge in [0.05, 0.1) is 0 Å². The van der Waals surface area contributed by atoms with E-state index in [4.69, 9.17) is 5.73 Å². The predicted octanol–water partition coefficient (Wildman–Crippen LogP) is 1.15. The van der Waals surface area contributed by atoms with E-state index in [0.29, 0.717) is 11.9 Å². The Morgan fingerprint density at radius 2 is 1.12 bits per heavy atom. The van der Waals surface area contributed by atoms with Crippen molar-refractivity contribution in [3.05, 3.63) is 0 Å². The van der Waals surface area contributed by atoms with Crippen LogP contribution in [0.25, 0.3) is 0 Å². The van der Waals surface area contributed by atoms with Gasteiger partial charge in [-0.2, -0.15) is 15.0 Å². The molecule has 0 aliphatic carbocycles. The minimum atomic E-state index is 0.281. The lowest BCUT2D eigenvalue weighted by Crippen LogP contribution is -2.29. The van der Waals surface area contributed by atoms with Gasteiger partial charge in [0.15, 0.2) is 0 Å². The summed E-state index contributed by atoms with van der Waals surface area (Å²) in [6, 6.07) is 0. The summed E-state index contributed by atoms with van der Waals surface area (Å²) in [4.78, 5) is 17.0. The fourth-order valence-corrected chi connectivity index (χ4v) is 1.67. The van der Waals surface area contributed by atoms with Crippen molar-refractivity contribution in [3.63, 3.8) is 0 Å². The van der Waals surface area contributed by atoms with Crippen LogP contribution in [0, 0.1) is 0 Å². The highest BCUT2D eigenvalue weighted by molar-refractivity contribution is 5.43. The zero-order chi connectivity index (χ0) is 12.8. The first-order valence-corrected chi connectivity index (χ1v) is 6.17. The lowest BCUT2D eigenvalue weighted by Gasteiger charge is -2.22. The molecule has 1 aromatic heterocycles. The molecule has 1 aromatic rings. The number of nitrogens with zero attached hydrogens (tertiary/aromatic N) is 5. The van der Waals surface area contributed by atoms with Gasteiger partial charge in [-0.1, -0.05) is 0 Å². The second kappa shape index (κ2) is 6.22. The third-order valence-electron chi connectivity index (χ3n) is 2.72. The number of nitrogen functional groups attached to an aromatic ring is 1. The molecule has 0 aliphatic rings. The Labute approximate surface area is 103 Å². The fraction of sp³-hybridized carbons (Fsp3) is 0.727. The van der Waals surface area contributed by atoms with E-state index in [2.05, 4.69) is 52.4 Å². The van der Waals surface area contributed by atoms with E-state index in [1.54, 1.807) is 0 Å². The Balaban J connectivity index is 3.08. The van der Waals surface area contributed by atoms with Gasteiger partial charge in [-0.25, -0.2) is 0 Å². The van der Waals surface area contributed by atoms with Gasteiger partial charge in [-0.3, -0.25) is 0 Å². The van der Waals surface area contributed by atoms with Crippen LogP contribution < -0.4 is 15.5 Å². The van der Waals surface area contributed by atoms with Crippen molar-refractivity contribution in [2.24, 2.45) is 0 Å². The van der Waals surface area contributed by atoms with Crippen LogP contribution >= 0.6 is 0 Å². The molecule has 6 nitrogen and oxygen atoms in total. The maximum absolute atomic E-state index is 5.74. The Hall–Kier alpha value is -1.59. The standard InChI is InChI=1S/C11H22N6/c1-5-16(6-2)10-13-9(12)14-11(15-10)17(7-3)8-4/h5-8H2,1-4H3,(H2,12,13,14,15). The summed E-state index contributed by atoms with van der Waals surface area (Å²) < 4.78 is 0. The van der Waals surface area contributed by atoms with Gasteiger partial charge in [-0.15, -0.1) is 0 Å². The molecule has 0 saturated carbocycles. The van der Waals surface area contributed by atoms with Crippen molar-refractivity contribution in [2.45, 2.75) is 27.7 Å². The topological polar surface area (TPSA) is 71.2 Å². The molecule has 0 unspecified atom stereocenters. The number of rotatable bonds is 6. The number of nitrogens with two attached hydrogens (primary N) is 1. The number of hydrogen-bond acceptors (Lipinski definition) is 6. The van der Waals surface area contributed by atoms with Crippen molar-refractivity contribution in [1.29, 1.82) is 0 Å². The first-order chi connectivity index (χ1) is 8.15. The molecule has 0 aliphatic heterocycles. The van der Waals surface area contributed by atoms with E-state index in [1.165, 1.54) is 0 Å². The van der Waals surface area contributed by atoms with Crippen LogP contribution in [0.4, 0.5) is 17.8 Å². The summed E-state index contributed by atoms with van der Waals surface area (Å²) >= 11 is 0. The Kier molecular flexibility index (Phi) is 4.93. The Morgan fingerprint density at radius 3 is 1.41 bits per heavy atom. The molecule has 0 amide bonds. The van der Waals surface area contributed by atoms with Crippen molar-refractivity contribution < 1.29 is 0 Å². The fourth-order valence-electron chi connectivity index (χ4n) is 1.67. The van der Waals surface area contributed by atoms with Crippen LogP contribution in [0.5, 0.6) is 0 Å². The highest BCUT2D eigenvalue weighted by Gasteiger charge is 2.12. The molecule has 2 N–H and O–H groups in total. The van der Waals surface area contributed by atoms with Crippen LogP contribution in [0.15, 0.2) is 0 Å². The van der Waals surface area contributed by atoms with Gasteiger partial charge in [-0.05, 0) is 27.7 Å². The van der Waals surface area contributed by atoms with Crippen molar-refractivity contribution >= 4 is 17.8 Å². The number of hydrogen-bond donors (Lipinski definition) is 1. The smallest absolute Gasteiger partial charge is 0.231 e. The van der Waals surface area contributed by atoms with E-state index < -0.39 is 0 Å². The third-order valence-corrected chi connectivity index (χ3v) is 2.72. The minimum Gasteiger partial charge on any atom is -0.368 e. The lowest BCUT2D eigenvalue weighted by atomic mass is 10.5. The summed E-state index contributed by atoms with van der Waals surface area (Å²) in [7, 11) is 0. The molecule has 0 bridgehead atoms.